The quantitative estimate of drug-likeness (QED) is 0.537. The van der Waals surface area contributed by atoms with Gasteiger partial charge in [0.15, 0.2) is 0 Å². The molecule has 17 heavy (non-hydrogen) atoms. The molecule has 0 fully saturated rings. The van der Waals surface area contributed by atoms with E-state index in [1.807, 2.05) is 13.0 Å². The van der Waals surface area contributed by atoms with Gasteiger partial charge in [0.25, 0.3) is 0 Å². The van der Waals surface area contributed by atoms with Crippen LogP contribution in [0.15, 0.2) is 29.2 Å². The lowest BCUT2D eigenvalue weighted by Gasteiger charge is -2.11. The summed E-state index contributed by atoms with van der Waals surface area (Å²) in [5, 5.41) is 7.19. The molecule has 1 aromatic rings. The third kappa shape index (κ3) is 3.83. The van der Waals surface area contributed by atoms with Gasteiger partial charge >= 0.3 is 0 Å². The second-order valence-corrected chi connectivity index (χ2v) is 5.79. The Kier molecular flexibility index (Phi) is 4.25. The predicted octanol–water partition coefficient (Wildman–Crippen LogP) is 0.845. The molecular formula is C11H17N3O2S. The summed E-state index contributed by atoms with van der Waals surface area (Å²) in [7, 11) is -3.51. The third-order valence-electron chi connectivity index (χ3n) is 2.41. The first-order valence-electron chi connectivity index (χ1n) is 5.23. The zero-order valence-electron chi connectivity index (χ0n) is 9.90. The van der Waals surface area contributed by atoms with E-state index in [-0.39, 0.29) is 23.2 Å². The first-order valence-corrected chi connectivity index (χ1v) is 6.71. The average molecular weight is 255 g/mol. The highest BCUT2D eigenvalue weighted by atomic mass is 32.2. The Morgan fingerprint density at radius 3 is 2.71 bits per heavy atom. The summed E-state index contributed by atoms with van der Waals surface area (Å²) in [4.78, 5) is 0.230. The van der Waals surface area contributed by atoms with Gasteiger partial charge < -0.3 is 5.73 Å². The van der Waals surface area contributed by atoms with Crippen LogP contribution in [0.3, 0.4) is 0 Å². The minimum atomic E-state index is -3.51. The fourth-order valence-electron chi connectivity index (χ4n) is 1.21. The molecule has 0 aliphatic rings. The minimum Gasteiger partial charge on any atom is -0.387 e. The van der Waals surface area contributed by atoms with E-state index in [0.717, 1.165) is 5.56 Å². The molecule has 0 aromatic heterocycles. The molecule has 94 valence electrons. The predicted molar refractivity (Wildman–Crippen MR) is 67.4 cm³/mol. The van der Waals surface area contributed by atoms with Gasteiger partial charge in [-0.15, -0.1) is 0 Å². The van der Waals surface area contributed by atoms with Gasteiger partial charge in [-0.2, -0.15) is 0 Å². The molecule has 6 heteroatoms. The van der Waals surface area contributed by atoms with Crippen molar-refractivity contribution in [3.63, 3.8) is 0 Å². The van der Waals surface area contributed by atoms with Crippen LogP contribution in [0.25, 0.3) is 0 Å². The van der Waals surface area contributed by atoms with Crippen LogP contribution in [0.2, 0.25) is 0 Å². The van der Waals surface area contributed by atoms with Gasteiger partial charge in [-0.05, 0) is 24.6 Å². The van der Waals surface area contributed by atoms with E-state index in [1.165, 1.54) is 6.07 Å². The highest BCUT2D eigenvalue weighted by Gasteiger charge is 2.15. The minimum absolute atomic E-state index is 0.0306. The number of rotatable bonds is 5. The first-order chi connectivity index (χ1) is 7.83. The van der Waals surface area contributed by atoms with E-state index in [2.05, 4.69) is 4.72 Å². The monoisotopic (exact) mass is 255 g/mol. The summed E-state index contributed by atoms with van der Waals surface area (Å²) < 4.78 is 26.2. The van der Waals surface area contributed by atoms with E-state index in [0.29, 0.717) is 0 Å². The second kappa shape index (κ2) is 5.29. The number of sulfonamides is 1. The van der Waals surface area contributed by atoms with Crippen molar-refractivity contribution in [3.05, 3.63) is 29.8 Å². The Morgan fingerprint density at radius 1 is 1.53 bits per heavy atom. The van der Waals surface area contributed by atoms with Crippen molar-refractivity contribution in [1.29, 1.82) is 5.41 Å². The molecule has 0 bridgehead atoms. The molecule has 0 amide bonds. The van der Waals surface area contributed by atoms with E-state index < -0.39 is 10.0 Å². The summed E-state index contributed by atoms with van der Waals surface area (Å²) in [6.07, 6.45) is 0. The summed E-state index contributed by atoms with van der Waals surface area (Å²) in [6, 6.07) is 6.66. The summed E-state index contributed by atoms with van der Waals surface area (Å²) >= 11 is 0. The topological polar surface area (TPSA) is 96.0 Å². The normalized spacial score (nSPS) is 13.3. The Bertz CT molecular complexity index is 511. The molecular weight excluding hydrogens is 238 g/mol. The molecule has 0 aliphatic heterocycles. The molecule has 4 N–H and O–H groups in total. The molecule has 1 atom stereocenters. The van der Waals surface area contributed by atoms with E-state index >= 15 is 0 Å². The van der Waals surface area contributed by atoms with E-state index in [9.17, 15) is 8.42 Å². The molecule has 0 saturated carbocycles. The van der Waals surface area contributed by atoms with Crippen molar-refractivity contribution in [3.8, 4) is 0 Å². The van der Waals surface area contributed by atoms with Crippen LogP contribution in [0.1, 0.15) is 12.5 Å². The number of benzene rings is 1. The standard InChI is InChI=1S/C11H17N3O2S/c1-8-4-3-5-10(6-8)17(15,16)14-7-9(2)11(12)13/h3-6,9,14H,7H2,1-2H3,(H3,12,13). The van der Waals surface area contributed by atoms with Crippen LogP contribution in [-0.4, -0.2) is 20.8 Å². The van der Waals surface area contributed by atoms with Crippen LogP contribution < -0.4 is 10.5 Å². The molecule has 0 aliphatic carbocycles. The molecule has 1 aromatic carbocycles. The molecule has 1 unspecified atom stereocenters. The molecule has 0 saturated heterocycles. The lowest BCUT2D eigenvalue weighted by Crippen LogP contribution is -2.34. The number of hydrogen-bond acceptors (Lipinski definition) is 3. The van der Waals surface area contributed by atoms with Gasteiger partial charge in [-0.25, -0.2) is 13.1 Å². The molecule has 1 rings (SSSR count). The van der Waals surface area contributed by atoms with Gasteiger partial charge in [-0.1, -0.05) is 19.1 Å². The average Bonchev–Trinajstić information content (AvgIpc) is 2.26. The Morgan fingerprint density at radius 2 is 2.18 bits per heavy atom. The Hall–Kier alpha value is -1.40. The zero-order valence-corrected chi connectivity index (χ0v) is 10.7. The summed E-state index contributed by atoms with van der Waals surface area (Å²) in [5.41, 5.74) is 6.16. The molecule has 0 heterocycles. The van der Waals surface area contributed by atoms with Gasteiger partial charge in [0, 0.05) is 12.5 Å². The van der Waals surface area contributed by atoms with Gasteiger partial charge in [0.05, 0.1) is 10.7 Å². The van der Waals surface area contributed by atoms with E-state index in [1.54, 1.807) is 19.1 Å². The molecule has 5 nitrogen and oxygen atoms in total. The van der Waals surface area contributed by atoms with Crippen molar-refractivity contribution in [2.24, 2.45) is 11.7 Å². The number of nitrogens with two attached hydrogens (primary N) is 1. The van der Waals surface area contributed by atoms with Crippen molar-refractivity contribution in [1.82, 2.24) is 4.72 Å². The lowest BCUT2D eigenvalue weighted by atomic mass is 10.2. The lowest BCUT2D eigenvalue weighted by molar-refractivity contribution is 0.574. The second-order valence-electron chi connectivity index (χ2n) is 4.02. The first kappa shape index (κ1) is 13.7. The number of hydrogen-bond donors (Lipinski definition) is 3. The number of amidine groups is 1. The molecule has 0 spiro atoms. The van der Waals surface area contributed by atoms with Crippen molar-refractivity contribution in [2.45, 2.75) is 18.7 Å². The van der Waals surface area contributed by atoms with Crippen LogP contribution in [0.5, 0.6) is 0 Å². The number of aryl methyl sites for hydroxylation is 1. The van der Waals surface area contributed by atoms with Crippen molar-refractivity contribution >= 4 is 15.9 Å². The fourth-order valence-corrected chi connectivity index (χ4v) is 2.45. The van der Waals surface area contributed by atoms with Crippen molar-refractivity contribution in [2.75, 3.05) is 6.54 Å². The van der Waals surface area contributed by atoms with Gasteiger partial charge in [0.2, 0.25) is 10.0 Å². The van der Waals surface area contributed by atoms with Gasteiger partial charge in [-0.3, -0.25) is 5.41 Å². The smallest absolute Gasteiger partial charge is 0.240 e. The van der Waals surface area contributed by atoms with Crippen LogP contribution >= 0.6 is 0 Å². The highest BCUT2D eigenvalue weighted by Crippen LogP contribution is 2.10. The number of nitrogens with one attached hydrogen (secondary N) is 2. The Labute approximate surface area is 102 Å². The van der Waals surface area contributed by atoms with Crippen LogP contribution in [0.4, 0.5) is 0 Å². The maximum Gasteiger partial charge on any atom is 0.240 e. The Balaban J connectivity index is 2.79. The summed E-state index contributed by atoms with van der Waals surface area (Å²) in [6.45, 7) is 3.66. The highest BCUT2D eigenvalue weighted by molar-refractivity contribution is 7.89. The maximum absolute atomic E-state index is 11.9. The van der Waals surface area contributed by atoms with E-state index in [4.69, 9.17) is 11.1 Å². The van der Waals surface area contributed by atoms with Crippen molar-refractivity contribution < 1.29 is 8.42 Å². The van der Waals surface area contributed by atoms with Crippen LogP contribution in [0, 0.1) is 18.3 Å². The maximum atomic E-state index is 11.9. The fraction of sp³-hybridized carbons (Fsp3) is 0.364. The van der Waals surface area contributed by atoms with Crippen LogP contribution in [-0.2, 0) is 10.0 Å². The largest absolute Gasteiger partial charge is 0.387 e. The SMILES string of the molecule is Cc1cccc(S(=O)(=O)NCC(C)C(=N)N)c1. The summed E-state index contributed by atoms with van der Waals surface area (Å²) in [5.74, 6) is -0.341. The third-order valence-corrected chi connectivity index (χ3v) is 3.83. The zero-order chi connectivity index (χ0) is 13.1. The van der Waals surface area contributed by atoms with Gasteiger partial charge in [0.1, 0.15) is 0 Å². The molecule has 0 radical (unpaired) electrons.